The Morgan fingerprint density at radius 2 is 2.04 bits per heavy atom. The van der Waals surface area contributed by atoms with Crippen LogP contribution in [0.1, 0.15) is 23.7 Å². The van der Waals surface area contributed by atoms with Gasteiger partial charge in [-0.3, -0.25) is 4.79 Å². The lowest BCUT2D eigenvalue weighted by Crippen LogP contribution is -2.19. The number of carbonyl (C=O) groups excluding carboxylic acids is 1. The summed E-state index contributed by atoms with van der Waals surface area (Å²) in [6.45, 7) is 2.71. The Labute approximate surface area is 163 Å². The quantitative estimate of drug-likeness (QED) is 0.473. The van der Waals surface area contributed by atoms with E-state index in [4.69, 9.17) is 16.0 Å². The molecule has 4 aromatic rings. The highest BCUT2D eigenvalue weighted by Gasteiger charge is 2.15. The lowest BCUT2D eigenvalue weighted by atomic mass is 10.2. The molecule has 136 valence electrons. The molecule has 27 heavy (non-hydrogen) atoms. The molecular weight excluding hydrogens is 384 g/mol. The van der Waals surface area contributed by atoms with Gasteiger partial charge in [0.25, 0.3) is 5.91 Å². The Hall–Kier alpha value is -2.70. The SMILES string of the molecule is CCCn1c(=NC(=O)c2cc3ccccc3oc2=O)sc2cccc(Cl)c21. The molecule has 2 aromatic carbocycles. The number of fused-ring (bicyclic) bond motifs is 2. The number of hydrogen-bond donors (Lipinski definition) is 0. The number of aryl methyl sites for hydroxylation is 1. The molecule has 4 rings (SSSR count). The van der Waals surface area contributed by atoms with Gasteiger partial charge in [0.1, 0.15) is 11.1 Å². The van der Waals surface area contributed by atoms with Crippen molar-refractivity contribution in [1.29, 1.82) is 0 Å². The number of halogens is 1. The van der Waals surface area contributed by atoms with E-state index in [1.54, 1.807) is 18.2 Å². The Bertz CT molecular complexity index is 1300. The number of nitrogens with zero attached hydrogens (tertiary/aromatic N) is 2. The van der Waals surface area contributed by atoms with Crippen LogP contribution in [0.2, 0.25) is 5.02 Å². The van der Waals surface area contributed by atoms with E-state index in [9.17, 15) is 9.59 Å². The maximum Gasteiger partial charge on any atom is 0.349 e. The topological polar surface area (TPSA) is 64.6 Å². The van der Waals surface area contributed by atoms with Gasteiger partial charge in [0.15, 0.2) is 4.80 Å². The molecule has 0 fully saturated rings. The summed E-state index contributed by atoms with van der Waals surface area (Å²) >= 11 is 7.72. The van der Waals surface area contributed by atoms with E-state index < -0.39 is 11.5 Å². The Kier molecular flexibility index (Phi) is 4.68. The van der Waals surface area contributed by atoms with Crippen LogP contribution >= 0.6 is 22.9 Å². The van der Waals surface area contributed by atoms with Crippen LogP contribution < -0.4 is 10.4 Å². The zero-order valence-corrected chi connectivity index (χ0v) is 16.0. The van der Waals surface area contributed by atoms with E-state index in [0.29, 0.717) is 27.3 Å². The van der Waals surface area contributed by atoms with Gasteiger partial charge in [-0.1, -0.05) is 54.1 Å². The van der Waals surface area contributed by atoms with E-state index in [2.05, 4.69) is 4.99 Å². The van der Waals surface area contributed by atoms with Gasteiger partial charge in [0.05, 0.1) is 15.2 Å². The zero-order chi connectivity index (χ0) is 19.0. The van der Waals surface area contributed by atoms with Gasteiger partial charge in [-0.2, -0.15) is 4.99 Å². The van der Waals surface area contributed by atoms with Crippen LogP contribution in [0.25, 0.3) is 21.2 Å². The van der Waals surface area contributed by atoms with Crippen molar-refractivity contribution in [2.75, 3.05) is 0 Å². The van der Waals surface area contributed by atoms with Crippen LogP contribution in [0.3, 0.4) is 0 Å². The molecule has 0 radical (unpaired) electrons. The molecule has 7 heteroatoms. The number of thiazole rings is 1. The highest BCUT2D eigenvalue weighted by molar-refractivity contribution is 7.16. The van der Waals surface area contributed by atoms with Crippen molar-refractivity contribution in [2.24, 2.45) is 4.99 Å². The molecule has 5 nitrogen and oxygen atoms in total. The average Bonchev–Trinajstić information content (AvgIpc) is 3.00. The van der Waals surface area contributed by atoms with Crippen molar-refractivity contribution in [1.82, 2.24) is 4.57 Å². The molecule has 0 unspecified atom stereocenters. The summed E-state index contributed by atoms with van der Waals surface area (Å²) in [7, 11) is 0. The molecule has 0 N–H and O–H groups in total. The maximum atomic E-state index is 12.7. The monoisotopic (exact) mass is 398 g/mol. The van der Waals surface area contributed by atoms with Gasteiger partial charge >= 0.3 is 5.63 Å². The third-order valence-electron chi connectivity index (χ3n) is 4.17. The molecule has 0 aliphatic carbocycles. The summed E-state index contributed by atoms with van der Waals surface area (Å²) in [4.78, 5) is 29.7. The van der Waals surface area contributed by atoms with Crippen molar-refractivity contribution in [3.05, 3.63) is 74.3 Å². The van der Waals surface area contributed by atoms with E-state index in [-0.39, 0.29) is 5.56 Å². The van der Waals surface area contributed by atoms with Crippen molar-refractivity contribution in [2.45, 2.75) is 19.9 Å². The van der Waals surface area contributed by atoms with Crippen molar-refractivity contribution in [3.63, 3.8) is 0 Å². The zero-order valence-electron chi connectivity index (χ0n) is 14.4. The number of amides is 1. The fourth-order valence-corrected chi connectivity index (χ4v) is 4.38. The molecule has 0 spiro atoms. The molecule has 0 aliphatic rings. The van der Waals surface area contributed by atoms with Crippen LogP contribution in [0.4, 0.5) is 0 Å². The number of carbonyl (C=O) groups is 1. The first-order valence-corrected chi connectivity index (χ1v) is 9.67. The van der Waals surface area contributed by atoms with Gasteiger partial charge < -0.3 is 8.98 Å². The number of para-hydroxylation sites is 2. The lowest BCUT2D eigenvalue weighted by Gasteiger charge is -2.04. The first kappa shape index (κ1) is 17.7. The number of hydrogen-bond acceptors (Lipinski definition) is 4. The predicted octanol–water partition coefficient (Wildman–Crippen LogP) is 4.61. The summed E-state index contributed by atoms with van der Waals surface area (Å²) < 4.78 is 8.10. The fraction of sp³-hybridized carbons (Fsp3) is 0.150. The highest BCUT2D eigenvalue weighted by Crippen LogP contribution is 2.25. The third kappa shape index (κ3) is 3.22. The largest absolute Gasteiger partial charge is 0.422 e. The minimum atomic E-state index is -0.691. The van der Waals surface area contributed by atoms with Crippen molar-refractivity contribution < 1.29 is 9.21 Å². The Balaban J connectivity index is 1.90. The average molecular weight is 399 g/mol. The number of rotatable bonds is 3. The first-order chi connectivity index (χ1) is 13.1. The van der Waals surface area contributed by atoms with Crippen LogP contribution in [0.15, 0.2) is 62.7 Å². The molecule has 0 atom stereocenters. The normalized spacial score (nSPS) is 12.1. The van der Waals surface area contributed by atoms with Gasteiger partial charge in [-0.15, -0.1) is 0 Å². The van der Waals surface area contributed by atoms with Crippen LogP contribution in [0, 0.1) is 0 Å². The lowest BCUT2D eigenvalue weighted by molar-refractivity contribution is 0.0994. The van der Waals surface area contributed by atoms with E-state index in [1.807, 2.05) is 35.8 Å². The van der Waals surface area contributed by atoms with E-state index >= 15 is 0 Å². The Morgan fingerprint density at radius 3 is 2.85 bits per heavy atom. The van der Waals surface area contributed by atoms with E-state index in [0.717, 1.165) is 16.6 Å². The van der Waals surface area contributed by atoms with Crippen molar-refractivity contribution >= 4 is 50.0 Å². The second-order valence-electron chi connectivity index (χ2n) is 6.03. The predicted molar refractivity (Wildman–Crippen MR) is 107 cm³/mol. The molecule has 0 saturated carbocycles. The summed E-state index contributed by atoms with van der Waals surface area (Å²) in [5.41, 5.74) is 0.515. The molecule has 1 amide bonds. The minimum Gasteiger partial charge on any atom is -0.422 e. The molecule has 0 aliphatic heterocycles. The summed E-state index contributed by atoms with van der Waals surface area (Å²) in [6.07, 6.45) is 0.858. The van der Waals surface area contributed by atoms with E-state index in [1.165, 1.54) is 17.4 Å². The number of benzene rings is 2. The number of aromatic nitrogens is 1. The summed E-state index contributed by atoms with van der Waals surface area (Å²) in [6, 6.07) is 14.2. The van der Waals surface area contributed by atoms with Gasteiger partial charge in [-0.05, 0) is 30.7 Å². The third-order valence-corrected chi connectivity index (χ3v) is 5.52. The van der Waals surface area contributed by atoms with Crippen LogP contribution in [-0.2, 0) is 6.54 Å². The summed E-state index contributed by atoms with van der Waals surface area (Å²) in [5.74, 6) is -0.623. The molecule has 2 heterocycles. The highest BCUT2D eigenvalue weighted by atomic mass is 35.5. The maximum absolute atomic E-state index is 12.7. The van der Waals surface area contributed by atoms with Gasteiger partial charge in [-0.25, -0.2) is 4.79 Å². The minimum absolute atomic E-state index is 0.0831. The van der Waals surface area contributed by atoms with Gasteiger partial charge in [0.2, 0.25) is 0 Å². The second kappa shape index (κ2) is 7.13. The standard InChI is InChI=1S/C20H15ClN2O3S/c1-2-10-23-17-14(21)7-5-9-16(17)27-20(23)22-18(24)13-11-12-6-3-4-8-15(12)26-19(13)25/h3-9,11H,2,10H2,1H3. The molecule has 0 bridgehead atoms. The fourth-order valence-electron chi connectivity index (χ4n) is 2.96. The Morgan fingerprint density at radius 1 is 1.22 bits per heavy atom. The smallest absolute Gasteiger partial charge is 0.349 e. The molecular formula is C20H15ClN2O3S. The first-order valence-electron chi connectivity index (χ1n) is 8.48. The summed E-state index contributed by atoms with van der Waals surface area (Å²) in [5, 5.41) is 1.28. The van der Waals surface area contributed by atoms with Crippen molar-refractivity contribution in [3.8, 4) is 0 Å². The van der Waals surface area contributed by atoms with Crippen LogP contribution in [-0.4, -0.2) is 10.5 Å². The molecule has 2 aromatic heterocycles. The second-order valence-corrected chi connectivity index (χ2v) is 7.44. The van der Waals surface area contributed by atoms with Crippen LogP contribution in [0.5, 0.6) is 0 Å². The molecule has 0 saturated heterocycles. The van der Waals surface area contributed by atoms with Gasteiger partial charge in [0, 0.05) is 11.9 Å².